The molecule has 0 bridgehead atoms. The SMILES string of the molecule is Cc1ccccc1N1CCN(C(=O)c2cnc3c(-c4ccccc4)c(C)nn3c2C)CC1. The van der Waals surface area contributed by atoms with Gasteiger partial charge in [-0.1, -0.05) is 48.5 Å². The van der Waals surface area contributed by atoms with Crippen molar-refractivity contribution in [3.05, 3.63) is 83.3 Å². The van der Waals surface area contributed by atoms with Gasteiger partial charge in [0.2, 0.25) is 0 Å². The highest BCUT2D eigenvalue weighted by molar-refractivity contribution is 5.96. The lowest BCUT2D eigenvalue weighted by Gasteiger charge is -2.37. The van der Waals surface area contributed by atoms with Crippen molar-refractivity contribution in [3.8, 4) is 11.1 Å². The molecule has 162 valence electrons. The van der Waals surface area contributed by atoms with E-state index >= 15 is 0 Å². The van der Waals surface area contributed by atoms with Gasteiger partial charge in [-0.2, -0.15) is 5.10 Å². The molecule has 6 heteroatoms. The number of anilines is 1. The average molecular weight is 426 g/mol. The van der Waals surface area contributed by atoms with E-state index < -0.39 is 0 Å². The number of aromatic nitrogens is 3. The van der Waals surface area contributed by atoms with Gasteiger partial charge in [-0.05, 0) is 38.0 Å². The van der Waals surface area contributed by atoms with E-state index in [1.807, 2.05) is 41.5 Å². The summed E-state index contributed by atoms with van der Waals surface area (Å²) in [6.07, 6.45) is 1.72. The van der Waals surface area contributed by atoms with E-state index in [0.29, 0.717) is 18.7 Å². The predicted molar refractivity (Wildman–Crippen MR) is 127 cm³/mol. The van der Waals surface area contributed by atoms with Crippen LogP contribution in [0.1, 0.15) is 27.3 Å². The Kier molecular flexibility index (Phi) is 5.13. The second-order valence-corrected chi connectivity index (χ2v) is 8.38. The van der Waals surface area contributed by atoms with Crippen LogP contribution in [0.2, 0.25) is 0 Å². The van der Waals surface area contributed by atoms with Crippen molar-refractivity contribution in [2.75, 3.05) is 31.1 Å². The minimum absolute atomic E-state index is 0.0238. The van der Waals surface area contributed by atoms with Crippen molar-refractivity contribution in [2.45, 2.75) is 20.8 Å². The maximum atomic E-state index is 13.4. The molecule has 1 aliphatic rings. The Labute approximate surface area is 188 Å². The minimum atomic E-state index is 0.0238. The minimum Gasteiger partial charge on any atom is -0.368 e. The zero-order valence-electron chi connectivity index (χ0n) is 18.7. The van der Waals surface area contributed by atoms with Gasteiger partial charge in [0.05, 0.1) is 17.0 Å². The Morgan fingerprint density at radius 2 is 1.56 bits per heavy atom. The molecule has 4 aromatic rings. The molecule has 1 aliphatic heterocycles. The number of nitrogens with zero attached hydrogens (tertiary/aromatic N) is 5. The van der Waals surface area contributed by atoms with Gasteiger partial charge in [-0.25, -0.2) is 9.50 Å². The second kappa shape index (κ2) is 8.11. The van der Waals surface area contributed by atoms with Crippen molar-refractivity contribution in [3.63, 3.8) is 0 Å². The maximum absolute atomic E-state index is 13.4. The summed E-state index contributed by atoms with van der Waals surface area (Å²) in [6, 6.07) is 18.6. The van der Waals surface area contributed by atoms with Gasteiger partial charge in [-0.15, -0.1) is 0 Å². The molecular formula is C26H27N5O. The standard InChI is InChI=1S/C26H27N5O/c1-18-9-7-8-12-23(18)29-13-15-30(16-14-29)26(32)22-17-27-25-24(21-10-5-4-6-11-21)19(2)28-31(25)20(22)3/h4-12,17H,13-16H2,1-3H3. The van der Waals surface area contributed by atoms with Gasteiger partial charge in [0, 0.05) is 43.6 Å². The van der Waals surface area contributed by atoms with E-state index in [-0.39, 0.29) is 5.91 Å². The molecule has 0 saturated carbocycles. The molecule has 0 unspecified atom stereocenters. The summed E-state index contributed by atoms with van der Waals surface area (Å²) in [5, 5.41) is 4.71. The maximum Gasteiger partial charge on any atom is 0.257 e. The molecule has 0 N–H and O–H groups in total. The normalized spacial score (nSPS) is 14.2. The van der Waals surface area contributed by atoms with E-state index in [9.17, 15) is 4.79 Å². The molecule has 2 aromatic carbocycles. The van der Waals surface area contributed by atoms with Crippen LogP contribution in [0.15, 0.2) is 60.8 Å². The van der Waals surface area contributed by atoms with Gasteiger partial charge in [0.15, 0.2) is 5.65 Å². The highest BCUT2D eigenvalue weighted by atomic mass is 16.2. The fourth-order valence-corrected chi connectivity index (χ4v) is 4.59. The third-order valence-corrected chi connectivity index (χ3v) is 6.38. The summed E-state index contributed by atoms with van der Waals surface area (Å²) in [6.45, 7) is 9.10. The van der Waals surface area contributed by atoms with E-state index in [1.165, 1.54) is 11.3 Å². The predicted octanol–water partition coefficient (Wildman–Crippen LogP) is 4.28. The molecular weight excluding hydrogens is 398 g/mol. The summed E-state index contributed by atoms with van der Waals surface area (Å²) in [5.41, 5.74) is 7.74. The Bertz CT molecular complexity index is 1290. The summed E-state index contributed by atoms with van der Waals surface area (Å²) in [4.78, 5) is 22.3. The largest absolute Gasteiger partial charge is 0.368 e. The number of hydrogen-bond donors (Lipinski definition) is 0. The first-order valence-corrected chi connectivity index (χ1v) is 11.0. The number of carbonyl (C=O) groups excluding carboxylic acids is 1. The topological polar surface area (TPSA) is 53.7 Å². The number of carbonyl (C=O) groups is 1. The zero-order chi connectivity index (χ0) is 22.2. The molecule has 0 aliphatic carbocycles. The van der Waals surface area contributed by atoms with E-state index in [4.69, 9.17) is 5.10 Å². The highest BCUT2D eigenvalue weighted by Gasteiger charge is 2.26. The fraction of sp³-hybridized carbons (Fsp3) is 0.269. The zero-order valence-corrected chi connectivity index (χ0v) is 18.7. The van der Waals surface area contributed by atoms with Crippen molar-refractivity contribution >= 4 is 17.2 Å². The second-order valence-electron chi connectivity index (χ2n) is 8.38. The lowest BCUT2D eigenvalue weighted by atomic mass is 10.1. The molecule has 0 radical (unpaired) electrons. The number of rotatable bonds is 3. The molecule has 0 atom stereocenters. The number of para-hydroxylation sites is 1. The summed E-state index contributed by atoms with van der Waals surface area (Å²) >= 11 is 0. The lowest BCUT2D eigenvalue weighted by Crippen LogP contribution is -2.49. The Morgan fingerprint density at radius 1 is 0.875 bits per heavy atom. The van der Waals surface area contributed by atoms with Crippen molar-refractivity contribution < 1.29 is 4.79 Å². The molecule has 32 heavy (non-hydrogen) atoms. The van der Waals surface area contributed by atoms with Crippen molar-refractivity contribution in [1.29, 1.82) is 0 Å². The van der Waals surface area contributed by atoms with E-state index in [0.717, 1.165) is 41.3 Å². The smallest absolute Gasteiger partial charge is 0.257 e. The van der Waals surface area contributed by atoms with Crippen LogP contribution in [0.25, 0.3) is 16.8 Å². The van der Waals surface area contributed by atoms with Crippen LogP contribution < -0.4 is 4.90 Å². The first kappa shape index (κ1) is 20.2. The van der Waals surface area contributed by atoms with Crippen LogP contribution >= 0.6 is 0 Å². The van der Waals surface area contributed by atoms with Crippen LogP contribution in [0, 0.1) is 20.8 Å². The van der Waals surface area contributed by atoms with Crippen LogP contribution in [0.5, 0.6) is 0 Å². The average Bonchev–Trinajstić information content (AvgIpc) is 3.17. The van der Waals surface area contributed by atoms with Crippen LogP contribution in [0.4, 0.5) is 5.69 Å². The van der Waals surface area contributed by atoms with Crippen LogP contribution in [-0.2, 0) is 0 Å². The third-order valence-electron chi connectivity index (χ3n) is 6.38. The van der Waals surface area contributed by atoms with Gasteiger partial charge in [0.1, 0.15) is 0 Å². The van der Waals surface area contributed by atoms with Crippen molar-refractivity contribution in [1.82, 2.24) is 19.5 Å². The fourth-order valence-electron chi connectivity index (χ4n) is 4.59. The first-order valence-electron chi connectivity index (χ1n) is 11.0. The van der Waals surface area contributed by atoms with Crippen molar-refractivity contribution in [2.24, 2.45) is 0 Å². The van der Waals surface area contributed by atoms with Gasteiger partial charge >= 0.3 is 0 Å². The van der Waals surface area contributed by atoms with E-state index in [1.54, 1.807) is 6.20 Å². The quantitative estimate of drug-likeness (QED) is 0.492. The molecule has 1 amide bonds. The van der Waals surface area contributed by atoms with Crippen LogP contribution in [-0.4, -0.2) is 51.6 Å². The highest BCUT2D eigenvalue weighted by Crippen LogP contribution is 2.28. The summed E-state index contributed by atoms with van der Waals surface area (Å²) < 4.78 is 1.81. The first-order chi connectivity index (χ1) is 15.5. The molecule has 2 aromatic heterocycles. The van der Waals surface area contributed by atoms with Gasteiger partial charge in [0.25, 0.3) is 5.91 Å². The molecule has 6 nitrogen and oxygen atoms in total. The number of aryl methyl sites for hydroxylation is 3. The number of fused-ring (bicyclic) bond motifs is 1. The third kappa shape index (κ3) is 3.42. The number of amides is 1. The monoisotopic (exact) mass is 425 g/mol. The molecule has 1 fully saturated rings. The number of piperazine rings is 1. The van der Waals surface area contributed by atoms with Gasteiger partial charge < -0.3 is 9.80 Å². The Morgan fingerprint density at radius 3 is 2.28 bits per heavy atom. The van der Waals surface area contributed by atoms with E-state index in [2.05, 4.69) is 53.2 Å². The summed E-state index contributed by atoms with van der Waals surface area (Å²) in [5.74, 6) is 0.0238. The van der Waals surface area contributed by atoms with Gasteiger partial charge in [-0.3, -0.25) is 4.79 Å². The Balaban J connectivity index is 1.40. The number of benzene rings is 2. The Hall–Kier alpha value is -3.67. The van der Waals surface area contributed by atoms with Crippen LogP contribution in [0.3, 0.4) is 0 Å². The summed E-state index contributed by atoms with van der Waals surface area (Å²) in [7, 11) is 0. The number of hydrogen-bond acceptors (Lipinski definition) is 4. The molecule has 0 spiro atoms. The molecule has 5 rings (SSSR count). The lowest BCUT2D eigenvalue weighted by molar-refractivity contribution is 0.0745. The molecule has 1 saturated heterocycles. The molecule has 3 heterocycles.